The minimum Gasteiger partial charge on any atom is -0.376 e. The molecule has 0 N–H and O–H groups in total. The van der Waals surface area contributed by atoms with Crippen molar-refractivity contribution in [1.82, 2.24) is 0 Å². The Balaban J connectivity index is 0.000000134. The fourth-order valence-electron chi connectivity index (χ4n) is 1.36. The van der Waals surface area contributed by atoms with E-state index in [1.165, 1.54) is 11.1 Å². The number of ether oxygens (including phenoxy) is 3. The maximum absolute atomic E-state index is 5.23. The van der Waals surface area contributed by atoms with E-state index in [0.717, 1.165) is 26.4 Å². The molecule has 0 aliphatic carbocycles. The Bertz CT molecular complexity index is 352. The van der Waals surface area contributed by atoms with Crippen LogP contribution in [-0.2, 0) is 14.2 Å². The maximum Gasteiger partial charge on any atom is 0.104 e. The highest BCUT2D eigenvalue weighted by Crippen LogP contribution is 2.12. The molecule has 2 heterocycles. The quantitative estimate of drug-likeness (QED) is 0.751. The topological polar surface area (TPSA) is 34.3 Å². The predicted octanol–water partition coefficient (Wildman–Crippen LogP) is 2.44. The molecule has 0 saturated carbocycles. The molecule has 3 rings (SSSR count). The average molecular weight is 248 g/mol. The fourth-order valence-corrected chi connectivity index (χ4v) is 1.36. The molecule has 2 aliphatic heterocycles. The number of aryl methyl sites for hydroxylation is 1. The Labute approximate surface area is 108 Å². The third kappa shape index (κ3) is 5.45. The first-order chi connectivity index (χ1) is 8.78. The molecule has 3 heteroatoms. The summed E-state index contributed by atoms with van der Waals surface area (Å²) in [6.45, 7) is 9.00. The molecular formula is C15H20O3. The zero-order valence-corrected chi connectivity index (χ0v) is 10.8. The summed E-state index contributed by atoms with van der Waals surface area (Å²) in [6.07, 6.45) is 2.63. The normalized spacial score (nSPS) is 23.8. The Morgan fingerprint density at radius 1 is 1.17 bits per heavy atom. The van der Waals surface area contributed by atoms with Crippen LogP contribution >= 0.6 is 0 Å². The standard InChI is InChI=1S/C9H10.C6H10O3/c1-3-9-6-4-8(2)5-7-9;1(5-3-8-5)7-2-6-4-9-6/h3-7H,1H2,2H3;5-6H,1-4H2. The van der Waals surface area contributed by atoms with Crippen molar-refractivity contribution >= 4 is 6.08 Å². The van der Waals surface area contributed by atoms with Crippen LogP contribution in [0.4, 0.5) is 0 Å². The first-order valence-electron chi connectivity index (χ1n) is 6.28. The Kier molecular flexibility index (Phi) is 4.93. The molecule has 2 aliphatic rings. The van der Waals surface area contributed by atoms with Gasteiger partial charge in [0.1, 0.15) is 12.2 Å². The molecular weight excluding hydrogens is 228 g/mol. The summed E-state index contributed by atoms with van der Waals surface area (Å²) in [5.74, 6) is 0. The van der Waals surface area contributed by atoms with Crippen molar-refractivity contribution in [3.63, 3.8) is 0 Å². The highest BCUT2D eigenvalue weighted by Gasteiger charge is 2.26. The number of hydrogen-bond acceptors (Lipinski definition) is 3. The molecule has 0 amide bonds. The van der Waals surface area contributed by atoms with Gasteiger partial charge in [0.2, 0.25) is 0 Å². The summed E-state index contributed by atoms with van der Waals surface area (Å²) in [5, 5.41) is 0. The van der Waals surface area contributed by atoms with Crippen LogP contribution in [0.2, 0.25) is 0 Å². The fraction of sp³-hybridized carbons (Fsp3) is 0.467. The van der Waals surface area contributed by atoms with E-state index in [9.17, 15) is 0 Å². The van der Waals surface area contributed by atoms with E-state index >= 15 is 0 Å². The molecule has 18 heavy (non-hydrogen) atoms. The van der Waals surface area contributed by atoms with Gasteiger partial charge < -0.3 is 14.2 Å². The summed E-state index contributed by atoms with van der Waals surface area (Å²) in [5.41, 5.74) is 2.47. The smallest absolute Gasteiger partial charge is 0.104 e. The lowest BCUT2D eigenvalue weighted by Crippen LogP contribution is -2.06. The first-order valence-corrected chi connectivity index (χ1v) is 6.28. The summed E-state index contributed by atoms with van der Waals surface area (Å²) in [6, 6.07) is 8.28. The van der Waals surface area contributed by atoms with Gasteiger partial charge in [-0.3, -0.25) is 0 Å². The summed E-state index contributed by atoms with van der Waals surface area (Å²) < 4.78 is 15.1. The average Bonchev–Trinajstić information content (AvgIpc) is 3.26. The van der Waals surface area contributed by atoms with Crippen molar-refractivity contribution in [1.29, 1.82) is 0 Å². The van der Waals surface area contributed by atoms with E-state index in [-0.39, 0.29) is 0 Å². The van der Waals surface area contributed by atoms with E-state index in [4.69, 9.17) is 14.2 Å². The number of rotatable bonds is 5. The number of hydrogen-bond donors (Lipinski definition) is 0. The molecule has 1 aromatic rings. The summed E-state index contributed by atoms with van der Waals surface area (Å²) in [7, 11) is 0. The number of epoxide rings is 2. The maximum atomic E-state index is 5.23. The van der Waals surface area contributed by atoms with Crippen LogP contribution in [0.3, 0.4) is 0 Å². The van der Waals surface area contributed by atoms with Crippen LogP contribution in [0.5, 0.6) is 0 Å². The molecule has 2 atom stereocenters. The van der Waals surface area contributed by atoms with Crippen LogP contribution in [0.15, 0.2) is 30.8 Å². The highest BCUT2D eigenvalue weighted by atomic mass is 16.6. The van der Waals surface area contributed by atoms with Crippen molar-refractivity contribution in [2.75, 3.05) is 26.4 Å². The summed E-state index contributed by atoms with van der Waals surface area (Å²) in [4.78, 5) is 0. The van der Waals surface area contributed by atoms with Gasteiger partial charge in [-0.2, -0.15) is 0 Å². The monoisotopic (exact) mass is 248 g/mol. The van der Waals surface area contributed by atoms with Crippen molar-refractivity contribution in [2.24, 2.45) is 0 Å². The molecule has 3 nitrogen and oxygen atoms in total. The minimum atomic E-state index is 0.392. The highest BCUT2D eigenvalue weighted by molar-refractivity contribution is 5.46. The zero-order chi connectivity index (χ0) is 12.8. The van der Waals surface area contributed by atoms with Gasteiger partial charge in [0.05, 0.1) is 26.4 Å². The SMILES string of the molecule is C(OCC1CO1)C1CO1.C=Cc1ccc(C)cc1. The van der Waals surface area contributed by atoms with Gasteiger partial charge in [-0.1, -0.05) is 42.5 Å². The van der Waals surface area contributed by atoms with E-state index < -0.39 is 0 Å². The van der Waals surface area contributed by atoms with Gasteiger partial charge in [0.15, 0.2) is 0 Å². The van der Waals surface area contributed by atoms with Crippen LogP contribution < -0.4 is 0 Å². The van der Waals surface area contributed by atoms with Crippen LogP contribution in [0.25, 0.3) is 6.08 Å². The molecule has 0 radical (unpaired) electrons. The second-order valence-corrected chi connectivity index (χ2v) is 4.56. The zero-order valence-electron chi connectivity index (χ0n) is 10.8. The van der Waals surface area contributed by atoms with E-state index in [1.54, 1.807) is 0 Å². The minimum absolute atomic E-state index is 0.392. The first kappa shape index (κ1) is 13.3. The molecule has 98 valence electrons. The lowest BCUT2D eigenvalue weighted by molar-refractivity contribution is 0.102. The van der Waals surface area contributed by atoms with Gasteiger partial charge in [-0.25, -0.2) is 0 Å². The Hall–Kier alpha value is -1.16. The largest absolute Gasteiger partial charge is 0.376 e. The van der Waals surface area contributed by atoms with Gasteiger partial charge in [-0.05, 0) is 12.5 Å². The number of benzene rings is 1. The second-order valence-electron chi connectivity index (χ2n) is 4.56. The molecule has 2 fully saturated rings. The Morgan fingerprint density at radius 3 is 2.06 bits per heavy atom. The van der Waals surface area contributed by atoms with Gasteiger partial charge in [-0.15, -0.1) is 0 Å². The molecule has 0 spiro atoms. The molecule has 2 saturated heterocycles. The van der Waals surface area contributed by atoms with Gasteiger partial charge in [0, 0.05) is 0 Å². The predicted molar refractivity (Wildman–Crippen MR) is 71.6 cm³/mol. The van der Waals surface area contributed by atoms with E-state index in [0.29, 0.717) is 12.2 Å². The van der Waals surface area contributed by atoms with Crippen molar-refractivity contribution in [3.8, 4) is 0 Å². The van der Waals surface area contributed by atoms with Gasteiger partial charge in [0.25, 0.3) is 0 Å². The third-order valence-electron chi connectivity index (χ3n) is 2.73. The lowest BCUT2D eigenvalue weighted by atomic mass is 10.2. The van der Waals surface area contributed by atoms with Crippen LogP contribution in [0, 0.1) is 6.92 Å². The van der Waals surface area contributed by atoms with Crippen LogP contribution in [0.1, 0.15) is 11.1 Å². The lowest BCUT2D eigenvalue weighted by Gasteiger charge is -1.95. The Morgan fingerprint density at radius 2 is 1.67 bits per heavy atom. The van der Waals surface area contributed by atoms with Crippen molar-refractivity contribution in [2.45, 2.75) is 19.1 Å². The van der Waals surface area contributed by atoms with E-state index in [2.05, 4.69) is 37.8 Å². The molecule has 0 aromatic heterocycles. The second kappa shape index (κ2) is 6.69. The molecule has 2 unspecified atom stereocenters. The summed E-state index contributed by atoms with van der Waals surface area (Å²) >= 11 is 0. The third-order valence-corrected chi connectivity index (χ3v) is 2.73. The van der Waals surface area contributed by atoms with E-state index in [1.807, 2.05) is 6.08 Å². The van der Waals surface area contributed by atoms with Gasteiger partial charge >= 0.3 is 0 Å². The molecule has 0 bridgehead atoms. The van der Waals surface area contributed by atoms with Crippen molar-refractivity contribution < 1.29 is 14.2 Å². The molecule has 1 aromatic carbocycles. The van der Waals surface area contributed by atoms with Crippen LogP contribution in [-0.4, -0.2) is 38.6 Å². The van der Waals surface area contributed by atoms with Crippen molar-refractivity contribution in [3.05, 3.63) is 42.0 Å².